The number of benzene rings is 1. The third-order valence-electron chi connectivity index (χ3n) is 2.55. The topological polar surface area (TPSA) is 55.1 Å². The molecule has 1 N–H and O–H groups in total. The summed E-state index contributed by atoms with van der Waals surface area (Å²) >= 11 is 0. The number of rotatable bonds is 3. The smallest absolute Gasteiger partial charge is 0.339 e. The standard InChI is InChI=1S/C12H11FN2O2/c1-8-11(12(16)17)6-14-15(8)7-9-3-2-4-10(13)5-9/h2-6H,7H2,1H3,(H,16,17). The molecule has 0 bridgehead atoms. The molecule has 5 heteroatoms. The van der Waals surface area contributed by atoms with E-state index in [-0.39, 0.29) is 11.4 Å². The average Bonchev–Trinajstić information content (AvgIpc) is 2.61. The van der Waals surface area contributed by atoms with Gasteiger partial charge in [-0.05, 0) is 24.6 Å². The molecule has 0 radical (unpaired) electrons. The zero-order valence-corrected chi connectivity index (χ0v) is 9.22. The Labute approximate surface area is 97.3 Å². The lowest BCUT2D eigenvalue weighted by Gasteiger charge is -2.04. The number of hydrogen-bond donors (Lipinski definition) is 1. The molecule has 0 fully saturated rings. The van der Waals surface area contributed by atoms with Gasteiger partial charge in [0.05, 0.1) is 18.4 Å². The number of carbonyl (C=O) groups is 1. The Hall–Kier alpha value is -2.17. The molecule has 0 unspecified atom stereocenters. The van der Waals surface area contributed by atoms with Crippen LogP contribution in [0.25, 0.3) is 0 Å². The lowest BCUT2D eigenvalue weighted by Crippen LogP contribution is -2.06. The first kappa shape index (κ1) is 11.3. The fourth-order valence-electron chi connectivity index (χ4n) is 1.62. The summed E-state index contributed by atoms with van der Waals surface area (Å²) in [7, 11) is 0. The largest absolute Gasteiger partial charge is 0.478 e. The SMILES string of the molecule is Cc1c(C(=O)O)cnn1Cc1cccc(F)c1. The van der Waals surface area contributed by atoms with Crippen LogP contribution in [-0.4, -0.2) is 20.9 Å². The Balaban J connectivity index is 2.28. The molecule has 0 saturated heterocycles. The van der Waals surface area contributed by atoms with Crippen LogP contribution in [0, 0.1) is 12.7 Å². The van der Waals surface area contributed by atoms with Crippen molar-refractivity contribution in [2.75, 3.05) is 0 Å². The molecule has 0 amide bonds. The molecule has 17 heavy (non-hydrogen) atoms. The maximum absolute atomic E-state index is 13.0. The number of carboxylic acid groups (broad SMARTS) is 1. The predicted molar refractivity (Wildman–Crippen MR) is 59.4 cm³/mol. The van der Waals surface area contributed by atoms with E-state index >= 15 is 0 Å². The summed E-state index contributed by atoms with van der Waals surface area (Å²) < 4.78 is 14.5. The molecule has 2 rings (SSSR count). The molecule has 0 atom stereocenters. The van der Waals surface area contributed by atoms with Gasteiger partial charge in [-0.15, -0.1) is 0 Å². The maximum Gasteiger partial charge on any atom is 0.339 e. The molecule has 2 aromatic rings. The number of carboxylic acids is 1. The highest BCUT2D eigenvalue weighted by molar-refractivity contribution is 5.88. The maximum atomic E-state index is 13.0. The van der Waals surface area contributed by atoms with E-state index in [1.165, 1.54) is 23.0 Å². The van der Waals surface area contributed by atoms with E-state index in [2.05, 4.69) is 5.10 Å². The fourth-order valence-corrected chi connectivity index (χ4v) is 1.62. The van der Waals surface area contributed by atoms with Crippen LogP contribution < -0.4 is 0 Å². The van der Waals surface area contributed by atoms with Crippen LogP contribution in [0.2, 0.25) is 0 Å². The van der Waals surface area contributed by atoms with Gasteiger partial charge >= 0.3 is 5.97 Å². The van der Waals surface area contributed by atoms with Gasteiger partial charge < -0.3 is 5.11 Å². The van der Waals surface area contributed by atoms with Crippen LogP contribution in [0.3, 0.4) is 0 Å². The summed E-state index contributed by atoms with van der Waals surface area (Å²) in [5.74, 6) is -1.32. The van der Waals surface area contributed by atoms with Crippen LogP contribution in [-0.2, 0) is 6.54 Å². The van der Waals surface area contributed by atoms with Gasteiger partial charge in [0.15, 0.2) is 0 Å². The second-order valence-corrected chi connectivity index (χ2v) is 3.74. The van der Waals surface area contributed by atoms with E-state index in [1.807, 2.05) is 0 Å². The summed E-state index contributed by atoms with van der Waals surface area (Å²) in [6.45, 7) is 2.03. The van der Waals surface area contributed by atoms with Gasteiger partial charge in [0.25, 0.3) is 0 Å². The molecule has 88 valence electrons. The van der Waals surface area contributed by atoms with Gasteiger partial charge in [0.1, 0.15) is 11.4 Å². The van der Waals surface area contributed by atoms with Gasteiger partial charge in [-0.2, -0.15) is 5.10 Å². The second-order valence-electron chi connectivity index (χ2n) is 3.74. The molecule has 0 aliphatic rings. The van der Waals surface area contributed by atoms with E-state index in [9.17, 15) is 9.18 Å². The summed E-state index contributed by atoms with van der Waals surface area (Å²) in [5.41, 5.74) is 1.47. The summed E-state index contributed by atoms with van der Waals surface area (Å²) in [6.07, 6.45) is 1.30. The van der Waals surface area contributed by atoms with Crippen molar-refractivity contribution < 1.29 is 14.3 Å². The van der Waals surface area contributed by atoms with Crippen molar-refractivity contribution in [2.45, 2.75) is 13.5 Å². The quantitative estimate of drug-likeness (QED) is 0.884. The predicted octanol–water partition coefficient (Wildman–Crippen LogP) is 2.08. The van der Waals surface area contributed by atoms with Crippen molar-refractivity contribution in [3.63, 3.8) is 0 Å². The third-order valence-corrected chi connectivity index (χ3v) is 2.55. The van der Waals surface area contributed by atoms with E-state index < -0.39 is 5.97 Å². The van der Waals surface area contributed by atoms with Gasteiger partial charge in [-0.25, -0.2) is 9.18 Å². The molecule has 1 aromatic heterocycles. The highest BCUT2D eigenvalue weighted by Crippen LogP contribution is 2.11. The average molecular weight is 234 g/mol. The van der Waals surface area contributed by atoms with Crippen molar-refractivity contribution in [1.29, 1.82) is 0 Å². The Morgan fingerprint density at radius 1 is 1.53 bits per heavy atom. The van der Waals surface area contributed by atoms with Crippen LogP contribution >= 0.6 is 0 Å². The Morgan fingerprint density at radius 2 is 2.29 bits per heavy atom. The van der Waals surface area contributed by atoms with E-state index in [1.54, 1.807) is 19.1 Å². The van der Waals surface area contributed by atoms with Crippen molar-refractivity contribution in [1.82, 2.24) is 9.78 Å². The van der Waals surface area contributed by atoms with Crippen LogP contribution in [0.15, 0.2) is 30.5 Å². The lowest BCUT2D eigenvalue weighted by atomic mass is 10.2. The van der Waals surface area contributed by atoms with Crippen molar-refractivity contribution in [2.24, 2.45) is 0 Å². The number of aromatic carboxylic acids is 1. The Morgan fingerprint density at radius 3 is 2.88 bits per heavy atom. The van der Waals surface area contributed by atoms with E-state index in [4.69, 9.17) is 5.11 Å². The first-order valence-corrected chi connectivity index (χ1v) is 5.08. The minimum absolute atomic E-state index is 0.168. The van der Waals surface area contributed by atoms with Gasteiger partial charge in [0.2, 0.25) is 0 Å². The van der Waals surface area contributed by atoms with Crippen LogP contribution in [0.4, 0.5) is 4.39 Å². The van der Waals surface area contributed by atoms with Crippen molar-refractivity contribution in [3.8, 4) is 0 Å². The van der Waals surface area contributed by atoms with Gasteiger partial charge in [-0.3, -0.25) is 4.68 Å². The highest BCUT2D eigenvalue weighted by atomic mass is 19.1. The second kappa shape index (κ2) is 4.37. The van der Waals surface area contributed by atoms with Crippen LogP contribution in [0.5, 0.6) is 0 Å². The highest BCUT2D eigenvalue weighted by Gasteiger charge is 2.12. The molecule has 4 nitrogen and oxygen atoms in total. The van der Waals surface area contributed by atoms with Gasteiger partial charge in [-0.1, -0.05) is 12.1 Å². The number of hydrogen-bond acceptors (Lipinski definition) is 2. The van der Waals surface area contributed by atoms with E-state index in [0.717, 1.165) is 5.56 Å². The number of halogens is 1. The molecule has 0 aliphatic heterocycles. The van der Waals surface area contributed by atoms with Crippen molar-refractivity contribution in [3.05, 3.63) is 53.1 Å². The molecule has 0 spiro atoms. The molecule has 1 aromatic carbocycles. The van der Waals surface area contributed by atoms with Crippen LogP contribution in [0.1, 0.15) is 21.6 Å². The normalized spacial score (nSPS) is 10.5. The molecular formula is C12H11FN2O2. The fraction of sp³-hybridized carbons (Fsp3) is 0.167. The number of nitrogens with zero attached hydrogens (tertiary/aromatic N) is 2. The van der Waals surface area contributed by atoms with E-state index in [0.29, 0.717) is 12.2 Å². The monoisotopic (exact) mass is 234 g/mol. The zero-order valence-electron chi connectivity index (χ0n) is 9.22. The minimum Gasteiger partial charge on any atom is -0.478 e. The van der Waals surface area contributed by atoms with Crippen molar-refractivity contribution >= 4 is 5.97 Å². The summed E-state index contributed by atoms with van der Waals surface area (Å²) in [5, 5.41) is 12.9. The molecule has 1 heterocycles. The summed E-state index contributed by atoms with van der Waals surface area (Å²) in [4.78, 5) is 10.8. The number of aromatic nitrogens is 2. The first-order valence-electron chi connectivity index (χ1n) is 5.08. The first-order chi connectivity index (χ1) is 8.08. The van der Waals surface area contributed by atoms with Gasteiger partial charge in [0, 0.05) is 0 Å². The molecule has 0 saturated carbocycles. The summed E-state index contributed by atoms with van der Waals surface area (Å²) in [6, 6.07) is 6.15. The minimum atomic E-state index is -1.01. The molecular weight excluding hydrogens is 223 g/mol. The Kier molecular flexibility index (Phi) is 2.91. The molecule has 0 aliphatic carbocycles. The Bertz CT molecular complexity index is 563. The lowest BCUT2D eigenvalue weighted by molar-refractivity contribution is 0.0696. The zero-order chi connectivity index (χ0) is 12.4. The third kappa shape index (κ3) is 2.33.